The summed E-state index contributed by atoms with van der Waals surface area (Å²) < 4.78 is 10.9. The van der Waals surface area contributed by atoms with Gasteiger partial charge in [0, 0.05) is 19.5 Å². The number of hydrogen-bond donors (Lipinski definition) is 2. The van der Waals surface area contributed by atoms with E-state index in [2.05, 4.69) is 27.2 Å². The molecule has 0 aliphatic carbocycles. The van der Waals surface area contributed by atoms with Gasteiger partial charge in [-0.25, -0.2) is 9.98 Å². The molecule has 2 aromatic rings. The highest BCUT2D eigenvalue weighted by Crippen LogP contribution is 2.08. The van der Waals surface area contributed by atoms with E-state index in [-0.39, 0.29) is 0 Å². The molecule has 6 nitrogen and oxygen atoms in total. The van der Waals surface area contributed by atoms with Crippen LogP contribution in [0.1, 0.15) is 30.0 Å². The molecule has 2 aromatic heterocycles. The lowest BCUT2D eigenvalue weighted by Gasteiger charge is -2.11. The fourth-order valence-corrected chi connectivity index (χ4v) is 1.92. The number of furan rings is 1. The van der Waals surface area contributed by atoms with Crippen LogP contribution in [0.4, 0.5) is 0 Å². The van der Waals surface area contributed by atoms with Gasteiger partial charge in [0.1, 0.15) is 18.1 Å². The van der Waals surface area contributed by atoms with Crippen molar-refractivity contribution in [2.24, 2.45) is 4.99 Å². The van der Waals surface area contributed by atoms with E-state index in [1.54, 1.807) is 6.26 Å². The minimum Gasteiger partial charge on any atom is -0.469 e. The number of aliphatic imine (C=N–C) groups is 1. The van der Waals surface area contributed by atoms with E-state index >= 15 is 0 Å². The second-order valence-electron chi connectivity index (χ2n) is 5.48. The molecule has 23 heavy (non-hydrogen) atoms. The van der Waals surface area contributed by atoms with E-state index in [0.717, 1.165) is 35.8 Å². The zero-order valence-electron chi connectivity index (χ0n) is 14.0. The van der Waals surface area contributed by atoms with E-state index < -0.39 is 0 Å². The molecular formula is C17H24N4O2. The molecule has 0 radical (unpaired) electrons. The van der Waals surface area contributed by atoms with Crippen LogP contribution in [0.25, 0.3) is 0 Å². The summed E-state index contributed by atoms with van der Waals surface area (Å²) in [5.74, 6) is 3.09. The molecule has 2 N–H and O–H groups in total. The summed E-state index contributed by atoms with van der Waals surface area (Å²) in [6.07, 6.45) is 2.47. The van der Waals surface area contributed by atoms with E-state index in [0.29, 0.717) is 24.9 Å². The highest BCUT2D eigenvalue weighted by atomic mass is 16.4. The minimum absolute atomic E-state index is 0.390. The molecule has 0 fully saturated rings. The lowest BCUT2D eigenvalue weighted by Crippen LogP contribution is -2.39. The van der Waals surface area contributed by atoms with Crippen LogP contribution in [-0.2, 0) is 13.0 Å². The van der Waals surface area contributed by atoms with Crippen LogP contribution >= 0.6 is 0 Å². The van der Waals surface area contributed by atoms with Crippen LogP contribution in [0.5, 0.6) is 0 Å². The fraction of sp³-hybridized carbons (Fsp3) is 0.412. The SMILES string of the molecule is C=C(C)CNC(=NCc1nc(C)c(C)o1)NCCc1ccco1. The first-order valence-corrected chi connectivity index (χ1v) is 7.66. The van der Waals surface area contributed by atoms with Gasteiger partial charge in [-0.05, 0) is 32.9 Å². The lowest BCUT2D eigenvalue weighted by atomic mass is 10.3. The molecule has 0 spiro atoms. The number of guanidine groups is 1. The van der Waals surface area contributed by atoms with E-state index in [9.17, 15) is 0 Å². The topological polar surface area (TPSA) is 75.6 Å². The van der Waals surface area contributed by atoms with Crippen LogP contribution in [0, 0.1) is 13.8 Å². The predicted molar refractivity (Wildman–Crippen MR) is 90.3 cm³/mol. The Morgan fingerprint density at radius 2 is 2.17 bits per heavy atom. The van der Waals surface area contributed by atoms with Crippen LogP contribution in [0.2, 0.25) is 0 Å². The van der Waals surface area contributed by atoms with Crippen molar-refractivity contribution in [3.63, 3.8) is 0 Å². The smallest absolute Gasteiger partial charge is 0.216 e. The predicted octanol–water partition coefficient (Wildman–Crippen LogP) is 2.74. The summed E-state index contributed by atoms with van der Waals surface area (Å²) >= 11 is 0. The van der Waals surface area contributed by atoms with Crippen LogP contribution in [-0.4, -0.2) is 24.0 Å². The third kappa shape index (κ3) is 5.65. The summed E-state index contributed by atoms with van der Waals surface area (Å²) in [5.41, 5.74) is 1.94. The van der Waals surface area contributed by atoms with Crippen molar-refractivity contribution in [3.05, 3.63) is 53.7 Å². The van der Waals surface area contributed by atoms with Gasteiger partial charge < -0.3 is 19.5 Å². The summed E-state index contributed by atoms with van der Waals surface area (Å²) in [6, 6.07) is 3.84. The Morgan fingerprint density at radius 3 is 2.78 bits per heavy atom. The third-order valence-corrected chi connectivity index (χ3v) is 3.25. The Morgan fingerprint density at radius 1 is 1.35 bits per heavy atom. The molecule has 0 unspecified atom stereocenters. The van der Waals surface area contributed by atoms with Crippen LogP contribution in [0.3, 0.4) is 0 Å². The van der Waals surface area contributed by atoms with Crippen molar-refractivity contribution in [1.29, 1.82) is 0 Å². The highest BCUT2D eigenvalue weighted by molar-refractivity contribution is 5.79. The number of rotatable bonds is 7. The molecule has 0 amide bonds. The van der Waals surface area contributed by atoms with Crippen molar-refractivity contribution >= 4 is 5.96 Å². The van der Waals surface area contributed by atoms with Gasteiger partial charge in [0.05, 0.1) is 12.0 Å². The molecule has 2 rings (SSSR count). The van der Waals surface area contributed by atoms with Crippen molar-refractivity contribution in [2.75, 3.05) is 13.1 Å². The maximum atomic E-state index is 5.55. The molecule has 0 aliphatic heterocycles. The Bertz CT molecular complexity index is 637. The average molecular weight is 316 g/mol. The maximum absolute atomic E-state index is 5.55. The van der Waals surface area contributed by atoms with E-state index in [4.69, 9.17) is 8.83 Å². The Balaban J connectivity index is 1.91. The van der Waals surface area contributed by atoms with Gasteiger partial charge in [-0.1, -0.05) is 12.2 Å². The molecule has 0 aliphatic rings. The molecule has 124 valence electrons. The normalized spacial score (nSPS) is 11.5. The minimum atomic E-state index is 0.390. The average Bonchev–Trinajstić information content (AvgIpc) is 3.12. The molecule has 0 saturated carbocycles. The first-order valence-electron chi connectivity index (χ1n) is 7.66. The number of oxazole rings is 1. The molecule has 0 saturated heterocycles. The number of nitrogens with zero attached hydrogens (tertiary/aromatic N) is 2. The number of nitrogens with one attached hydrogen (secondary N) is 2. The van der Waals surface area contributed by atoms with Gasteiger partial charge >= 0.3 is 0 Å². The van der Waals surface area contributed by atoms with Crippen LogP contribution < -0.4 is 10.6 Å². The van der Waals surface area contributed by atoms with Gasteiger partial charge in [-0.2, -0.15) is 0 Å². The monoisotopic (exact) mass is 316 g/mol. The van der Waals surface area contributed by atoms with Crippen LogP contribution in [0.15, 0.2) is 44.4 Å². The first kappa shape index (κ1) is 16.9. The Labute approximate surface area is 136 Å². The second kappa shape index (κ2) is 8.22. The first-order chi connectivity index (χ1) is 11.0. The standard InChI is InChI=1S/C17H24N4O2/c1-12(2)10-19-17(18-8-7-15-6-5-9-22-15)20-11-16-21-13(3)14(4)23-16/h5-6,9H,1,7-8,10-11H2,2-4H3,(H2,18,19,20). The van der Waals surface area contributed by atoms with Crippen molar-refractivity contribution < 1.29 is 8.83 Å². The zero-order chi connectivity index (χ0) is 16.7. The van der Waals surface area contributed by atoms with Gasteiger partial charge in [0.25, 0.3) is 0 Å². The molecule has 0 bridgehead atoms. The number of hydrogen-bond acceptors (Lipinski definition) is 4. The molecular weight excluding hydrogens is 292 g/mol. The van der Waals surface area contributed by atoms with Crippen molar-refractivity contribution in [3.8, 4) is 0 Å². The quantitative estimate of drug-likeness (QED) is 0.467. The summed E-state index contributed by atoms with van der Waals surface area (Å²) in [5, 5.41) is 6.50. The Hall–Kier alpha value is -2.50. The van der Waals surface area contributed by atoms with Crippen molar-refractivity contribution in [1.82, 2.24) is 15.6 Å². The third-order valence-electron chi connectivity index (χ3n) is 3.25. The van der Waals surface area contributed by atoms with E-state index in [1.807, 2.05) is 32.9 Å². The molecule has 0 atom stereocenters. The molecule has 0 aromatic carbocycles. The molecule has 6 heteroatoms. The zero-order valence-corrected chi connectivity index (χ0v) is 14.0. The second-order valence-corrected chi connectivity index (χ2v) is 5.48. The Kier molecular flexibility index (Phi) is 6.02. The van der Waals surface area contributed by atoms with Gasteiger partial charge in [-0.3, -0.25) is 0 Å². The fourth-order valence-electron chi connectivity index (χ4n) is 1.92. The maximum Gasteiger partial charge on any atom is 0.216 e. The lowest BCUT2D eigenvalue weighted by molar-refractivity contribution is 0.472. The molecule has 2 heterocycles. The van der Waals surface area contributed by atoms with Gasteiger partial charge in [-0.15, -0.1) is 0 Å². The van der Waals surface area contributed by atoms with E-state index in [1.165, 1.54) is 0 Å². The highest BCUT2D eigenvalue weighted by Gasteiger charge is 2.06. The summed E-state index contributed by atoms with van der Waals surface area (Å²) in [6.45, 7) is 11.5. The van der Waals surface area contributed by atoms with Gasteiger partial charge in [0.15, 0.2) is 5.96 Å². The van der Waals surface area contributed by atoms with Gasteiger partial charge in [0.2, 0.25) is 5.89 Å². The summed E-state index contributed by atoms with van der Waals surface area (Å²) in [4.78, 5) is 8.84. The number of aryl methyl sites for hydroxylation is 2. The number of aromatic nitrogens is 1. The summed E-state index contributed by atoms with van der Waals surface area (Å²) in [7, 11) is 0. The largest absolute Gasteiger partial charge is 0.469 e. The van der Waals surface area contributed by atoms with Crippen molar-refractivity contribution in [2.45, 2.75) is 33.7 Å².